The molecule has 82 valence electrons. The molecule has 2 nitrogen and oxygen atoms in total. The fraction of sp³-hybridized carbons (Fsp3) is 0.300. The fourth-order valence-electron chi connectivity index (χ4n) is 1.41. The summed E-state index contributed by atoms with van der Waals surface area (Å²) in [6, 6.07) is 3.04. The number of rotatable bonds is 2. The van der Waals surface area contributed by atoms with Crippen LogP contribution in [0.1, 0.15) is 10.4 Å². The van der Waals surface area contributed by atoms with Gasteiger partial charge in [0, 0.05) is 5.02 Å². The average molecular weight is 263 g/mol. The summed E-state index contributed by atoms with van der Waals surface area (Å²) in [6.45, 7) is 6.23. The smallest absolute Gasteiger partial charge is 0.337 e. The highest BCUT2D eigenvalue weighted by molar-refractivity contribution is 6.91. The maximum Gasteiger partial charge on any atom is 0.337 e. The van der Waals surface area contributed by atoms with E-state index in [1.165, 1.54) is 6.07 Å². The van der Waals surface area contributed by atoms with Gasteiger partial charge in [0.15, 0.2) is 0 Å². The molecule has 0 amide bonds. The molecule has 1 aromatic rings. The minimum Gasteiger partial charge on any atom is -0.478 e. The van der Waals surface area contributed by atoms with Gasteiger partial charge < -0.3 is 5.11 Å². The lowest BCUT2D eigenvalue weighted by Crippen LogP contribution is -2.40. The lowest BCUT2D eigenvalue weighted by molar-refractivity contribution is 0.0697. The molecule has 0 aliphatic heterocycles. The van der Waals surface area contributed by atoms with Crippen LogP contribution in [0.5, 0.6) is 0 Å². The number of hydrogen-bond acceptors (Lipinski definition) is 1. The van der Waals surface area contributed by atoms with Crippen LogP contribution in [0.25, 0.3) is 0 Å². The molecule has 0 unspecified atom stereocenters. The van der Waals surface area contributed by atoms with Crippen LogP contribution in [0.15, 0.2) is 12.1 Å². The fourth-order valence-corrected chi connectivity index (χ4v) is 5.15. The Morgan fingerprint density at radius 1 is 1.27 bits per heavy atom. The summed E-state index contributed by atoms with van der Waals surface area (Å²) in [4.78, 5) is 10.9. The van der Waals surface area contributed by atoms with Crippen LogP contribution in [0.4, 0.5) is 0 Å². The number of carboxylic acids is 1. The normalized spacial score (nSPS) is 11.5. The molecule has 0 atom stereocenters. The van der Waals surface area contributed by atoms with Gasteiger partial charge in [-0.05, 0) is 17.3 Å². The van der Waals surface area contributed by atoms with E-state index in [4.69, 9.17) is 28.3 Å². The van der Waals surface area contributed by atoms with Crippen molar-refractivity contribution in [2.45, 2.75) is 19.6 Å². The summed E-state index contributed by atoms with van der Waals surface area (Å²) < 4.78 is 0. The SMILES string of the molecule is C[Si](C)(C)c1c(Cl)ccc(C(=O)O)c1Cl. The van der Waals surface area contributed by atoms with Gasteiger partial charge in [-0.2, -0.15) is 0 Å². The molecule has 5 heteroatoms. The van der Waals surface area contributed by atoms with E-state index in [2.05, 4.69) is 19.6 Å². The first-order valence-corrected chi connectivity index (χ1v) is 8.72. The molecule has 15 heavy (non-hydrogen) atoms. The number of carbonyl (C=O) groups is 1. The molecule has 0 heterocycles. The largest absolute Gasteiger partial charge is 0.478 e. The Balaban J connectivity index is 3.51. The summed E-state index contributed by atoms with van der Waals surface area (Å²) in [5, 5.41) is 10.6. The highest BCUT2D eigenvalue weighted by atomic mass is 35.5. The first-order chi connectivity index (χ1) is 6.75. The van der Waals surface area contributed by atoms with Crippen molar-refractivity contribution in [1.82, 2.24) is 0 Å². The second-order valence-corrected chi connectivity index (χ2v) is 10.1. The Hall–Kier alpha value is -0.513. The Kier molecular flexibility index (Phi) is 3.48. The summed E-state index contributed by atoms with van der Waals surface area (Å²) in [6.07, 6.45) is 0. The average Bonchev–Trinajstić information content (AvgIpc) is 2.00. The first-order valence-electron chi connectivity index (χ1n) is 4.47. The summed E-state index contributed by atoms with van der Waals surface area (Å²) >= 11 is 12.1. The molecule has 0 fully saturated rings. The number of carboxylic acid groups (broad SMARTS) is 1. The van der Waals surface area contributed by atoms with Gasteiger partial charge in [0.05, 0.1) is 18.7 Å². The molecule has 0 aromatic heterocycles. The van der Waals surface area contributed by atoms with Crippen molar-refractivity contribution in [2.75, 3.05) is 0 Å². The van der Waals surface area contributed by atoms with Gasteiger partial charge in [0.25, 0.3) is 0 Å². The number of benzene rings is 1. The number of halogens is 2. The van der Waals surface area contributed by atoms with Gasteiger partial charge in [-0.15, -0.1) is 0 Å². The molecule has 1 N–H and O–H groups in total. The van der Waals surface area contributed by atoms with E-state index in [0.29, 0.717) is 5.02 Å². The standard InChI is InChI=1S/C10H12Cl2O2Si/c1-15(2,3)9-7(11)5-4-6(8(9)12)10(13)14/h4-5H,1-3H3,(H,13,14). The quantitative estimate of drug-likeness (QED) is 0.832. The molecule has 0 aliphatic carbocycles. The van der Waals surface area contributed by atoms with Crippen molar-refractivity contribution in [3.8, 4) is 0 Å². The molecule has 0 radical (unpaired) electrons. The summed E-state index contributed by atoms with van der Waals surface area (Å²) in [5.41, 5.74) is 0.124. The maximum atomic E-state index is 10.9. The predicted molar refractivity (Wildman–Crippen MR) is 66.4 cm³/mol. The number of hydrogen-bond donors (Lipinski definition) is 1. The molecule has 0 saturated carbocycles. The van der Waals surface area contributed by atoms with E-state index < -0.39 is 14.0 Å². The molecular formula is C10H12Cl2O2Si. The zero-order valence-corrected chi connectivity index (χ0v) is 11.3. The van der Waals surface area contributed by atoms with E-state index in [1.54, 1.807) is 6.07 Å². The summed E-state index contributed by atoms with van der Waals surface area (Å²) in [5.74, 6) is -1.02. The molecule has 1 rings (SSSR count). The van der Waals surface area contributed by atoms with Gasteiger partial charge in [0.2, 0.25) is 0 Å². The topological polar surface area (TPSA) is 37.3 Å². The molecular weight excluding hydrogens is 251 g/mol. The van der Waals surface area contributed by atoms with Crippen LogP contribution < -0.4 is 5.19 Å². The van der Waals surface area contributed by atoms with Gasteiger partial charge in [-0.3, -0.25) is 0 Å². The van der Waals surface area contributed by atoms with Gasteiger partial charge in [0.1, 0.15) is 0 Å². The second-order valence-electron chi connectivity index (χ2n) is 4.34. The van der Waals surface area contributed by atoms with E-state index >= 15 is 0 Å². The van der Waals surface area contributed by atoms with Gasteiger partial charge in [-0.25, -0.2) is 4.79 Å². The third-order valence-corrected chi connectivity index (χ3v) is 5.12. The van der Waals surface area contributed by atoms with E-state index in [-0.39, 0.29) is 10.6 Å². The van der Waals surface area contributed by atoms with Crippen molar-refractivity contribution >= 4 is 42.4 Å². The predicted octanol–water partition coefficient (Wildman–Crippen LogP) is 3.24. The molecule has 0 spiro atoms. The van der Waals surface area contributed by atoms with Gasteiger partial charge in [-0.1, -0.05) is 42.8 Å². The zero-order valence-electron chi connectivity index (χ0n) is 8.77. The molecule has 1 aromatic carbocycles. The van der Waals surface area contributed by atoms with Crippen LogP contribution >= 0.6 is 23.2 Å². The van der Waals surface area contributed by atoms with Crippen LogP contribution in [0.2, 0.25) is 29.7 Å². The second kappa shape index (κ2) is 4.16. The van der Waals surface area contributed by atoms with Crippen molar-refractivity contribution in [2.24, 2.45) is 0 Å². The molecule has 0 saturated heterocycles. The Bertz CT molecular complexity index is 411. The third kappa shape index (κ3) is 2.54. The minimum absolute atomic E-state index is 0.124. The van der Waals surface area contributed by atoms with E-state index in [0.717, 1.165) is 5.19 Å². The van der Waals surface area contributed by atoms with Crippen molar-refractivity contribution in [1.29, 1.82) is 0 Å². The highest BCUT2D eigenvalue weighted by Gasteiger charge is 2.26. The van der Waals surface area contributed by atoms with Gasteiger partial charge >= 0.3 is 5.97 Å². The minimum atomic E-state index is -1.73. The first kappa shape index (κ1) is 12.6. The Morgan fingerprint density at radius 3 is 2.20 bits per heavy atom. The van der Waals surface area contributed by atoms with Crippen LogP contribution in [-0.2, 0) is 0 Å². The zero-order chi connectivity index (χ0) is 11.8. The van der Waals surface area contributed by atoms with Crippen LogP contribution in [-0.4, -0.2) is 19.1 Å². The van der Waals surface area contributed by atoms with Crippen LogP contribution in [0.3, 0.4) is 0 Å². The lowest BCUT2D eigenvalue weighted by atomic mass is 10.2. The Labute approximate surface area is 99.8 Å². The van der Waals surface area contributed by atoms with Crippen LogP contribution in [0, 0.1) is 0 Å². The monoisotopic (exact) mass is 262 g/mol. The van der Waals surface area contributed by atoms with Crippen molar-refractivity contribution < 1.29 is 9.90 Å². The van der Waals surface area contributed by atoms with E-state index in [1.807, 2.05) is 0 Å². The number of aromatic carboxylic acids is 1. The van der Waals surface area contributed by atoms with Crippen molar-refractivity contribution in [3.63, 3.8) is 0 Å². The summed E-state index contributed by atoms with van der Waals surface area (Å²) in [7, 11) is -1.73. The maximum absolute atomic E-state index is 10.9. The molecule has 0 aliphatic rings. The van der Waals surface area contributed by atoms with E-state index in [9.17, 15) is 4.79 Å². The van der Waals surface area contributed by atoms with Crippen molar-refractivity contribution in [3.05, 3.63) is 27.7 Å². The Morgan fingerprint density at radius 2 is 1.80 bits per heavy atom. The highest BCUT2D eigenvalue weighted by Crippen LogP contribution is 2.23. The lowest BCUT2D eigenvalue weighted by Gasteiger charge is -2.20. The third-order valence-electron chi connectivity index (χ3n) is 2.07. The molecule has 0 bridgehead atoms.